The predicted octanol–water partition coefficient (Wildman–Crippen LogP) is 3.26. The van der Waals surface area contributed by atoms with Crippen LogP contribution in [0.3, 0.4) is 0 Å². The highest BCUT2D eigenvalue weighted by molar-refractivity contribution is 5.76. The van der Waals surface area contributed by atoms with Gasteiger partial charge in [0.05, 0.1) is 0 Å². The molecule has 2 aromatic carbocycles. The van der Waals surface area contributed by atoms with Crippen LogP contribution >= 0.6 is 0 Å². The van der Waals surface area contributed by atoms with Gasteiger partial charge in [0.1, 0.15) is 11.6 Å². The van der Waals surface area contributed by atoms with E-state index in [0.29, 0.717) is 31.4 Å². The molecule has 0 aliphatic rings. The third-order valence-corrected chi connectivity index (χ3v) is 3.20. The zero-order valence-electron chi connectivity index (χ0n) is 11.6. The molecule has 0 aliphatic carbocycles. The van der Waals surface area contributed by atoms with Gasteiger partial charge in [-0.1, -0.05) is 30.3 Å². The minimum Gasteiger partial charge on any atom is -0.356 e. The van der Waals surface area contributed by atoms with Crippen molar-refractivity contribution in [1.82, 2.24) is 5.32 Å². The maximum absolute atomic E-state index is 13.4. The van der Waals surface area contributed by atoms with Crippen molar-refractivity contribution in [3.8, 4) is 0 Å². The van der Waals surface area contributed by atoms with Gasteiger partial charge in [-0.2, -0.15) is 0 Å². The number of hydrogen-bond donors (Lipinski definition) is 1. The van der Waals surface area contributed by atoms with E-state index >= 15 is 0 Å². The minimum atomic E-state index is -0.299. The third kappa shape index (κ3) is 4.99. The van der Waals surface area contributed by atoms with Gasteiger partial charge in [0, 0.05) is 13.0 Å². The lowest BCUT2D eigenvalue weighted by Gasteiger charge is -2.06. The smallest absolute Gasteiger partial charge is 0.220 e. The molecular formula is C17H17F2NO. The summed E-state index contributed by atoms with van der Waals surface area (Å²) in [5.74, 6) is -0.672. The summed E-state index contributed by atoms with van der Waals surface area (Å²) >= 11 is 0. The van der Waals surface area contributed by atoms with Gasteiger partial charge in [-0.3, -0.25) is 4.79 Å². The summed E-state index contributed by atoms with van der Waals surface area (Å²) < 4.78 is 26.4. The second-order valence-electron chi connectivity index (χ2n) is 4.82. The van der Waals surface area contributed by atoms with Crippen molar-refractivity contribution in [1.29, 1.82) is 0 Å². The summed E-state index contributed by atoms with van der Waals surface area (Å²) in [4.78, 5) is 11.7. The predicted molar refractivity (Wildman–Crippen MR) is 77.8 cm³/mol. The molecule has 0 fully saturated rings. The van der Waals surface area contributed by atoms with Crippen molar-refractivity contribution in [2.24, 2.45) is 0 Å². The highest BCUT2D eigenvalue weighted by Gasteiger charge is 2.04. The molecule has 2 rings (SSSR count). The second kappa shape index (κ2) is 7.53. The molecule has 0 saturated carbocycles. The molecular weight excluding hydrogens is 272 g/mol. The van der Waals surface area contributed by atoms with Crippen molar-refractivity contribution < 1.29 is 13.6 Å². The number of hydrogen-bond acceptors (Lipinski definition) is 1. The van der Waals surface area contributed by atoms with Crippen LogP contribution in [0.15, 0.2) is 48.5 Å². The summed E-state index contributed by atoms with van der Waals surface area (Å²) in [7, 11) is 0. The lowest BCUT2D eigenvalue weighted by atomic mass is 10.1. The maximum atomic E-state index is 13.4. The number of aryl methyl sites for hydroxylation is 1. The van der Waals surface area contributed by atoms with Gasteiger partial charge in [0.15, 0.2) is 0 Å². The molecule has 1 amide bonds. The van der Waals surface area contributed by atoms with E-state index < -0.39 is 0 Å². The number of carbonyl (C=O) groups is 1. The van der Waals surface area contributed by atoms with Crippen LogP contribution in [-0.2, 0) is 17.6 Å². The second-order valence-corrected chi connectivity index (χ2v) is 4.82. The fourth-order valence-electron chi connectivity index (χ4n) is 2.08. The van der Waals surface area contributed by atoms with Crippen LogP contribution in [0.4, 0.5) is 8.78 Å². The maximum Gasteiger partial charge on any atom is 0.220 e. The number of nitrogens with one attached hydrogen (secondary N) is 1. The van der Waals surface area contributed by atoms with Crippen molar-refractivity contribution in [3.63, 3.8) is 0 Å². The molecule has 0 unspecified atom stereocenters. The molecule has 0 bridgehead atoms. The molecule has 0 spiro atoms. The Kier molecular flexibility index (Phi) is 5.43. The first kappa shape index (κ1) is 15.2. The fraction of sp³-hybridized carbons (Fsp3) is 0.235. The average Bonchev–Trinajstić information content (AvgIpc) is 2.47. The van der Waals surface area contributed by atoms with Gasteiger partial charge in [0.2, 0.25) is 5.91 Å². The number of carbonyl (C=O) groups excluding carboxylic acids is 1. The molecule has 0 atom stereocenters. The first-order valence-corrected chi connectivity index (χ1v) is 6.90. The Morgan fingerprint density at radius 2 is 1.81 bits per heavy atom. The number of amides is 1. The van der Waals surface area contributed by atoms with Gasteiger partial charge in [-0.05, 0) is 42.2 Å². The topological polar surface area (TPSA) is 29.1 Å². The number of benzene rings is 2. The molecule has 21 heavy (non-hydrogen) atoms. The number of halogens is 2. The van der Waals surface area contributed by atoms with Crippen molar-refractivity contribution in [3.05, 3.63) is 71.3 Å². The molecule has 0 aromatic heterocycles. The van der Waals surface area contributed by atoms with Crippen molar-refractivity contribution in [2.45, 2.75) is 19.3 Å². The molecule has 0 radical (unpaired) electrons. The van der Waals surface area contributed by atoms with E-state index in [9.17, 15) is 13.6 Å². The van der Waals surface area contributed by atoms with Crippen LogP contribution in [0.25, 0.3) is 0 Å². The lowest BCUT2D eigenvalue weighted by molar-refractivity contribution is -0.121. The van der Waals surface area contributed by atoms with E-state index in [2.05, 4.69) is 5.32 Å². The summed E-state index contributed by atoms with van der Waals surface area (Å²) in [5.41, 5.74) is 1.38. The van der Waals surface area contributed by atoms with Crippen molar-refractivity contribution >= 4 is 5.91 Å². The standard InChI is InChI=1S/C17H17F2NO/c18-15-6-3-4-13(12-15)8-9-17(21)20-11-10-14-5-1-2-7-16(14)19/h1-7,12H,8-11H2,(H,20,21). The highest BCUT2D eigenvalue weighted by Crippen LogP contribution is 2.07. The summed E-state index contributed by atoms with van der Waals surface area (Å²) in [6.07, 6.45) is 1.24. The van der Waals surface area contributed by atoms with Crippen LogP contribution in [0.5, 0.6) is 0 Å². The van der Waals surface area contributed by atoms with E-state index in [-0.39, 0.29) is 17.5 Å². The first-order valence-electron chi connectivity index (χ1n) is 6.90. The van der Waals surface area contributed by atoms with Crippen molar-refractivity contribution in [2.75, 3.05) is 6.54 Å². The molecule has 4 heteroatoms. The summed E-state index contributed by atoms with van der Waals surface area (Å²) in [6.45, 7) is 0.392. The highest BCUT2D eigenvalue weighted by atomic mass is 19.1. The van der Waals surface area contributed by atoms with Gasteiger partial charge in [0.25, 0.3) is 0 Å². The Balaban J connectivity index is 1.72. The molecule has 2 aromatic rings. The molecule has 2 nitrogen and oxygen atoms in total. The quantitative estimate of drug-likeness (QED) is 0.869. The van der Waals surface area contributed by atoms with Gasteiger partial charge in [-0.15, -0.1) is 0 Å². The van der Waals surface area contributed by atoms with E-state index in [1.807, 2.05) is 0 Å². The van der Waals surface area contributed by atoms with E-state index in [0.717, 1.165) is 5.56 Å². The fourth-order valence-corrected chi connectivity index (χ4v) is 2.08. The van der Waals surface area contributed by atoms with Gasteiger partial charge in [-0.25, -0.2) is 8.78 Å². The normalized spacial score (nSPS) is 10.4. The lowest BCUT2D eigenvalue weighted by Crippen LogP contribution is -2.26. The monoisotopic (exact) mass is 289 g/mol. The van der Waals surface area contributed by atoms with Crippen LogP contribution < -0.4 is 5.32 Å². The molecule has 0 aliphatic heterocycles. The average molecular weight is 289 g/mol. The van der Waals surface area contributed by atoms with E-state index in [1.54, 1.807) is 30.3 Å². The van der Waals surface area contributed by atoms with Gasteiger partial charge >= 0.3 is 0 Å². The van der Waals surface area contributed by atoms with Crippen LogP contribution in [-0.4, -0.2) is 12.5 Å². The zero-order valence-corrected chi connectivity index (χ0v) is 11.6. The Labute approximate surface area is 122 Å². The first-order chi connectivity index (χ1) is 10.1. The number of rotatable bonds is 6. The van der Waals surface area contributed by atoms with E-state index in [4.69, 9.17) is 0 Å². The van der Waals surface area contributed by atoms with Crippen LogP contribution in [0.1, 0.15) is 17.5 Å². The molecule has 1 N–H and O–H groups in total. The zero-order chi connectivity index (χ0) is 15.1. The van der Waals surface area contributed by atoms with E-state index in [1.165, 1.54) is 18.2 Å². The van der Waals surface area contributed by atoms with Gasteiger partial charge < -0.3 is 5.32 Å². The molecule has 0 heterocycles. The Hall–Kier alpha value is -2.23. The Morgan fingerprint density at radius 1 is 1.00 bits per heavy atom. The summed E-state index contributed by atoms with van der Waals surface area (Å²) in [6, 6.07) is 12.7. The van der Waals surface area contributed by atoms with Crippen LogP contribution in [0.2, 0.25) is 0 Å². The SMILES string of the molecule is O=C(CCc1cccc(F)c1)NCCc1ccccc1F. The third-order valence-electron chi connectivity index (χ3n) is 3.20. The Morgan fingerprint density at radius 3 is 2.57 bits per heavy atom. The summed E-state index contributed by atoms with van der Waals surface area (Å²) in [5, 5.41) is 2.74. The molecule has 110 valence electrons. The Bertz CT molecular complexity index is 613. The minimum absolute atomic E-state index is 0.115. The largest absolute Gasteiger partial charge is 0.356 e. The molecule has 0 saturated heterocycles. The van der Waals surface area contributed by atoms with Crippen LogP contribution in [0, 0.1) is 11.6 Å².